The van der Waals surface area contributed by atoms with Gasteiger partial charge in [-0.1, -0.05) is 26.8 Å². The first kappa shape index (κ1) is 9.96. The van der Waals surface area contributed by atoms with Crippen LogP contribution in [-0.4, -0.2) is 0 Å². The van der Waals surface area contributed by atoms with Crippen LogP contribution in [0.3, 0.4) is 0 Å². The number of halogens is 2. The summed E-state index contributed by atoms with van der Waals surface area (Å²) >= 11 is 2.17. The molecule has 0 radical (unpaired) electrons. The van der Waals surface area contributed by atoms with Crippen LogP contribution < -0.4 is 0 Å². The van der Waals surface area contributed by atoms with Crippen molar-refractivity contribution in [3.05, 3.63) is 33.1 Å². The van der Waals surface area contributed by atoms with Crippen molar-refractivity contribution in [3.63, 3.8) is 0 Å². The zero-order valence-electron chi connectivity index (χ0n) is 7.49. The SMILES string of the molecule is CC(C)(C)c1c(F)cccc1I. The molecule has 0 saturated carbocycles. The van der Waals surface area contributed by atoms with E-state index in [0.717, 1.165) is 9.13 Å². The summed E-state index contributed by atoms with van der Waals surface area (Å²) in [6, 6.07) is 5.19. The zero-order valence-corrected chi connectivity index (χ0v) is 9.65. The molecule has 12 heavy (non-hydrogen) atoms. The third-order valence-corrected chi connectivity index (χ3v) is 2.61. The van der Waals surface area contributed by atoms with Crippen LogP contribution in [0.4, 0.5) is 4.39 Å². The van der Waals surface area contributed by atoms with Gasteiger partial charge in [-0.3, -0.25) is 0 Å². The molecule has 0 aliphatic rings. The monoisotopic (exact) mass is 278 g/mol. The lowest BCUT2D eigenvalue weighted by Gasteiger charge is -2.21. The molecule has 0 heterocycles. The van der Waals surface area contributed by atoms with Gasteiger partial charge in [0.2, 0.25) is 0 Å². The van der Waals surface area contributed by atoms with Crippen LogP contribution in [-0.2, 0) is 5.41 Å². The van der Waals surface area contributed by atoms with Gasteiger partial charge in [0.1, 0.15) is 5.82 Å². The van der Waals surface area contributed by atoms with Crippen molar-refractivity contribution in [2.45, 2.75) is 26.2 Å². The predicted octanol–water partition coefficient (Wildman–Crippen LogP) is 3.73. The first-order valence-corrected chi connectivity index (χ1v) is 4.95. The van der Waals surface area contributed by atoms with Crippen LogP contribution in [0.1, 0.15) is 26.3 Å². The Morgan fingerprint density at radius 3 is 2.17 bits per heavy atom. The first-order valence-electron chi connectivity index (χ1n) is 3.87. The van der Waals surface area contributed by atoms with Crippen LogP contribution in [0.5, 0.6) is 0 Å². The lowest BCUT2D eigenvalue weighted by Crippen LogP contribution is -2.15. The number of rotatable bonds is 0. The minimum atomic E-state index is -0.109. The maximum Gasteiger partial charge on any atom is 0.127 e. The summed E-state index contributed by atoms with van der Waals surface area (Å²) in [5.74, 6) is -0.102. The Kier molecular flexibility index (Phi) is 2.76. The Bertz CT molecular complexity index is 266. The van der Waals surface area contributed by atoms with Crippen molar-refractivity contribution >= 4 is 22.6 Å². The zero-order chi connectivity index (χ0) is 9.35. The van der Waals surface area contributed by atoms with E-state index in [9.17, 15) is 4.39 Å². The highest BCUT2D eigenvalue weighted by Gasteiger charge is 2.20. The fourth-order valence-electron chi connectivity index (χ4n) is 1.21. The predicted molar refractivity (Wildman–Crippen MR) is 57.8 cm³/mol. The number of hydrogen-bond acceptors (Lipinski definition) is 0. The second-order valence-corrected chi connectivity index (χ2v) is 5.01. The van der Waals surface area contributed by atoms with E-state index in [4.69, 9.17) is 0 Å². The normalized spacial score (nSPS) is 11.8. The maximum absolute atomic E-state index is 13.3. The molecule has 0 N–H and O–H groups in total. The fourth-order valence-corrected chi connectivity index (χ4v) is 2.49. The molecule has 0 atom stereocenters. The summed E-state index contributed by atoms with van der Waals surface area (Å²) in [5, 5.41) is 0. The molecule has 0 amide bonds. The molecular weight excluding hydrogens is 266 g/mol. The van der Waals surface area contributed by atoms with E-state index in [1.807, 2.05) is 26.8 Å². The van der Waals surface area contributed by atoms with Crippen LogP contribution in [0.2, 0.25) is 0 Å². The Balaban J connectivity index is 3.31. The van der Waals surface area contributed by atoms with Crippen molar-refractivity contribution in [2.75, 3.05) is 0 Å². The van der Waals surface area contributed by atoms with E-state index in [1.165, 1.54) is 6.07 Å². The molecule has 2 heteroatoms. The molecule has 0 aromatic heterocycles. The van der Waals surface area contributed by atoms with Crippen molar-refractivity contribution < 1.29 is 4.39 Å². The average Bonchev–Trinajstić information content (AvgIpc) is 1.82. The summed E-state index contributed by atoms with van der Waals surface area (Å²) in [6.07, 6.45) is 0. The highest BCUT2D eigenvalue weighted by atomic mass is 127. The van der Waals surface area contributed by atoms with E-state index in [-0.39, 0.29) is 11.2 Å². The van der Waals surface area contributed by atoms with E-state index < -0.39 is 0 Å². The second kappa shape index (κ2) is 3.32. The maximum atomic E-state index is 13.3. The number of hydrogen-bond donors (Lipinski definition) is 0. The van der Waals surface area contributed by atoms with Gasteiger partial charge in [-0.05, 0) is 40.1 Å². The van der Waals surface area contributed by atoms with Gasteiger partial charge in [0, 0.05) is 9.13 Å². The topological polar surface area (TPSA) is 0 Å². The Hall–Kier alpha value is -0.120. The van der Waals surface area contributed by atoms with Crippen LogP contribution in [0.25, 0.3) is 0 Å². The quantitative estimate of drug-likeness (QED) is 0.634. The molecule has 1 aromatic rings. The molecule has 66 valence electrons. The molecular formula is C10H12FI. The van der Waals surface area contributed by atoms with Crippen molar-refractivity contribution in [1.29, 1.82) is 0 Å². The van der Waals surface area contributed by atoms with Crippen molar-refractivity contribution in [2.24, 2.45) is 0 Å². The Morgan fingerprint density at radius 2 is 1.83 bits per heavy atom. The van der Waals surface area contributed by atoms with Gasteiger partial charge in [-0.2, -0.15) is 0 Å². The molecule has 0 bridgehead atoms. The lowest BCUT2D eigenvalue weighted by atomic mass is 9.87. The summed E-state index contributed by atoms with van der Waals surface area (Å²) in [5.41, 5.74) is 0.701. The van der Waals surface area contributed by atoms with Gasteiger partial charge in [-0.25, -0.2) is 4.39 Å². The van der Waals surface area contributed by atoms with Gasteiger partial charge < -0.3 is 0 Å². The van der Waals surface area contributed by atoms with Gasteiger partial charge in [-0.15, -0.1) is 0 Å². The molecule has 0 nitrogen and oxygen atoms in total. The third-order valence-electron chi connectivity index (χ3n) is 1.71. The molecule has 0 saturated heterocycles. The van der Waals surface area contributed by atoms with E-state index >= 15 is 0 Å². The standard InChI is InChI=1S/C10H12FI/c1-10(2,3)9-7(11)5-4-6-8(9)12/h4-6H,1-3H3. The summed E-state index contributed by atoms with van der Waals surface area (Å²) in [4.78, 5) is 0. The average molecular weight is 278 g/mol. The Morgan fingerprint density at radius 1 is 1.25 bits per heavy atom. The smallest absolute Gasteiger partial charge is 0.127 e. The van der Waals surface area contributed by atoms with Gasteiger partial charge in [0.15, 0.2) is 0 Å². The minimum Gasteiger partial charge on any atom is -0.207 e. The number of benzene rings is 1. The highest BCUT2D eigenvalue weighted by Crippen LogP contribution is 2.29. The lowest BCUT2D eigenvalue weighted by molar-refractivity contribution is 0.519. The summed E-state index contributed by atoms with van der Waals surface area (Å²) < 4.78 is 14.3. The van der Waals surface area contributed by atoms with Crippen molar-refractivity contribution in [3.8, 4) is 0 Å². The van der Waals surface area contributed by atoms with Crippen LogP contribution in [0.15, 0.2) is 18.2 Å². The van der Waals surface area contributed by atoms with E-state index in [1.54, 1.807) is 6.07 Å². The molecule has 0 aliphatic heterocycles. The van der Waals surface area contributed by atoms with Gasteiger partial charge >= 0.3 is 0 Å². The molecule has 0 fully saturated rings. The van der Waals surface area contributed by atoms with E-state index in [2.05, 4.69) is 22.6 Å². The molecule has 0 aliphatic carbocycles. The van der Waals surface area contributed by atoms with Gasteiger partial charge in [0.05, 0.1) is 0 Å². The molecule has 1 aromatic carbocycles. The van der Waals surface area contributed by atoms with Crippen LogP contribution in [0, 0.1) is 9.39 Å². The second-order valence-electron chi connectivity index (χ2n) is 3.85. The van der Waals surface area contributed by atoms with E-state index in [0.29, 0.717) is 0 Å². The Labute approximate surface area is 86.3 Å². The van der Waals surface area contributed by atoms with Crippen LogP contribution >= 0.6 is 22.6 Å². The van der Waals surface area contributed by atoms with Crippen molar-refractivity contribution in [1.82, 2.24) is 0 Å². The minimum absolute atomic E-state index is 0.102. The largest absolute Gasteiger partial charge is 0.207 e. The fraction of sp³-hybridized carbons (Fsp3) is 0.400. The van der Waals surface area contributed by atoms with Gasteiger partial charge in [0.25, 0.3) is 0 Å². The molecule has 0 spiro atoms. The first-order chi connectivity index (χ1) is 5.43. The highest BCUT2D eigenvalue weighted by molar-refractivity contribution is 14.1. The summed E-state index contributed by atoms with van der Waals surface area (Å²) in [7, 11) is 0. The molecule has 0 unspecified atom stereocenters. The summed E-state index contributed by atoms with van der Waals surface area (Å²) in [6.45, 7) is 6.06. The third kappa shape index (κ3) is 1.97. The molecule has 1 rings (SSSR count).